The maximum atomic E-state index is 11.4. The number of aliphatic imine (C=N–C) groups is 1. The summed E-state index contributed by atoms with van der Waals surface area (Å²) in [5.74, 6) is 1.02. The summed E-state index contributed by atoms with van der Waals surface area (Å²) in [6.45, 7) is 15.1. The highest BCUT2D eigenvalue weighted by atomic mass is 16.3. The van der Waals surface area contributed by atoms with E-state index >= 15 is 0 Å². The van der Waals surface area contributed by atoms with Crippen molar-refractivity contribution in [1.82, 2.24) is 20.4 Å². The van der Waals surface area contributed by atoms with Crippen LogP contribution in [0.25, 0.3) is 0 Å². The Morgan fingerprint density at radius 3 is 2.27 bits per heavy atom. The molecule has 7 nitrogen and oxygen atoms in total. The molecule has 1 rings (SSSR count). The molecule has 1 amide bonds. The molecule has 7 heteroatoms. The van der Waals surface area contributed by atoms with Crippen LogP contribution in [0, 0.1) is 5.41 Å². The number of nitrogens with zero attached hydrogens (tertiary/aromatic N) is 3. The van der Waals surface area contributed by atoms with Crippen molar-refractivity contribution in [2.45, 2.75) is 47.0 Å². The third kappa shape index (κ3) is 7.50. The minimum Gasteiger partial charge on any atom is -0.396 e. The quantitative estimate of drug-likeness (QED) is 0.394. The van der Waals surface area contributed by atoms with Crippen LogP contribution in [-0.2, 0) is 4.79 Å². The molecule has 1 aliphatic heterocycles. The lowest BCUT2D eigenvalue weighted by atomic mass is 9.79. The van der Waals surface area contributed by atoms with E-state index in [-0.39, 0.29) is 17.9 Å². The summed E-state index contributed by atoms with van der Waals surface area (Å²) in [6.07, 6.45) is 2.84. The summed E-state index contributed by atoms with van der Waals surface area (Å²) in [4.78, 5) is 20.4. The average Bonchev–Trinajstić information content (AvgIpc) is 2.65. The van der Waals surface area contributed by atoms with Crippen molar-refractivity contribution in [1.29, 1.82) is 0 Å². The van der Waals surface area contributed by atoms with Gasteiger partial charge < -0.3 is 20.6 Å². The molecule has 152 valence electrons. The van der Waals surface area contributed by atoms with Crippen LogP contribution in [0.15, 0.2) is 4.99 Å². The summed E-state index contributed by atoms with van der Waals surface area (Å²) in [5.41, 5.74) is 0.0835. The Bertz CT molecular complexity index is 430. The molecule has 0 atom stereocenters. The maximum Gasteiger partial charge on any atom is 0.219 e. The fourth-order valence-electron chi connectivity index (χ4n) is 3.35. The Morgan fingerprint density at radius 2 is 1.77 bits per heavy atom. The molecule has 0 saturated carbocycles. The SMILES string of the molecule is CCNC(=NCC(CC)(CC)CCO)NCCN1CCN(C(C)=O)CC1. The van der Waals surface area contributed by atoms with Crippen LogP contribution in [0.3, 0.4) is 0 Å². The molecule has 0 aliphatic carbocycles. The van der Waals surface area contributed by atoms with Crippen molar-refractivity contribution < 1.29 is 9.90 Å². The lowest BCUT2D eigenvalue weighted by molar-refractivity contribution is -0.130. The zero-order valence-corrected chi connectivity index (χ0v) is 17.2. The van der Waals surface area contributed by atoms with Crippen LogP contribution in [0.2, 0.25) is 0 Å². The Morgan fingerprint density at radius 1 is 1.12 bits per heavy atom. The second-order valence-electron chi connectivity index (χ2n) is 7.15. The van der Waals surface area contributed by atoms with Crippen molar-refractivity contribution in [3.63, 3.8) is 0 Å². The number of nitrogens with one attached hydrogen (secondary N) is 2. The topological polar surface area (TPSA) is 80.2 Å². The van der Waals surface area contributed by atoms with Gasteiger partial charge in [-0.1, -0.05) is 13.8 Å². The van der Waals surface area contributed by atoms with Gasteiger partial charge in [-0.3, -0.25) is 14.7 Å². The minimum atomic E-state index is 0.0835. The molecule has 0 radical (unpaired) electrons. The van der Waals surface area contributed by atoms with Gasteiger partial charge in [0.15, 0.2) is 5.96 Å². The predicted molar refractivity (Wildman–Crippen MR) is 107 cm³/mol. The summed E-state index contributed by atoms with van der Waals surface area (Å²) < 4.78 is 0. The zero-order valence-electron chi connectivity index (χ0n) is 17.2. The lowest BCUT2D eigenvalue weighted by Crippen LogP contribution is -2.50. The number of aliphatic hydroxyl groups excluding tert-OH is 1. The molecule has 0 aromatic carbocycles. The van der Waals surface area contributed by atoms with Gasteiger partial charge in [0, 0.05) is 65.9 Å². The number of aliphatic hydroxyl groups is 1. The third-order valence-corrected chi connectivity index (χ3v) is 5.60. The first kappa shape index (κ1) is 22.7. The fraction of sp³-hybridized carbons (Fsp3) is 0.895. The van der Waals surface area contributed by atoms with E-state index in [0.717, 1.165) is 77.6 Å². The first-order valence-electron chi connectivity index (χ1n) is 10.1. The second-order valence-corrected chi connectivity index (χ2v) is 7.15. The largest absolute Gasteiger partial charge is 0.396 e. The van der Waals surface area contributed by atoms with E-state index in [1.165, 1.54) is 0 Å². The number of hydrogen-bond acceptors (Lipinski definition) is 4. The Kier molecular flexibility index (Phi) is 10.6. The van der Waals surface area contributed by atoms with E-state index in [1.54, 1.807) is 6.92 Å². The number of carbonyl (C=O) groups is 1. The number of carbonyl (C=O) groups excluding carboxylic acids is 1. The molecule has 1 heterocycles. The van der Waals surface area contributed by atoms with E-state index in [2.05, 4.69) is 36.3 Å². The number of guanidine groups is 1. The molecule has 0 aromatic rings. The first-order chi connectivity index (χ1) is 12.5. The summed E-state index contributed by atoms with van der Waals surface area (Å²) >= 11 is 0. The first-order valence-corrected chi connectivity index (χ1v) is 10.1. The second kappa shape index (κ2) is 12.1. The van der Waals surface area contributed by atoms with Crippen molar-refractivity contribution in [3.8, 4) is 0 Å². The number of piperazine rings is 1. The molecular formula is C19H39N5O2. The highest BCUT2D eigenvalue weighted by Gasteiger charge is 2.25. The van der Waals surface area contributed by atoms with E-state index in [0.29, 0.717) is 0 Å². The average molecular weight is 370 g/mol. The highest BCUT2D eigenvalue weighted by molar-refractivity contribution is 5.79. The van der Waals surface area contributed by atoms with Crippen LogP contribution in [0.4, 0.5) is 0 Å². The van der Waals surface area contributed by atoms with E-state index in [1.807, 2.05) is 4.90 Å². The Hall–Kier alpha value is -1.34. The van der Waals surface area contributed by atoms with Gasteiger partial charge in [0.1, 0.15) is 0 Å². The predicted octanol–water partition coefficient (Wildman–Crippen LogP) is 0.894. The molecule has 3 N–H and O–H groups in total. The molecule has 1 aliphatic rings. The standard InChI is InChI=1S/C19H39N5O2/c1-5-19(6-2,8-15-25)16-22-18(20-7-3)21-9-10-23-11-13-24(14-12-23)17(4)26/h25H,5-16H2,1-4H3,(H2,20,21,22). The van der Waals surface area contributed by atoms with E-state index in [9.17, 15) is 9.90 Å². The van der Waals surface area contributed by atoms with E-state index < -0.39 is 0 Å². The molecule has 0 aromatic heterocycles. The summed E-state index contributed by atoms with van der Waals surface area (Å²) in [6, 6.07) is 0. The van der Waals surface area contributed by atoms with Gasteiger partial charge >= 0.3 is 0 Å². The Labute approximate surface area is 159 Å². The maximum absolute atomic E-state index is 11.4. The van der Waals surface area contributed by atoms with Crippen molar-refractivity contribution >= 4 is 11.9 Å². The van der Waals surface area contributed by atoms with Crippen LogP contribution in [0.5, 0.6) is 0 Å². The number of rotatable bonds is 10. The van der Waals surface area contributed by atoms with Crippen molar-refractivity contribution in [2.24, 2.45) is 10.4 Å². The molecule has 26 heavy (non-hydrogen) atoms. The van der Waals surface area contributed by atoms with Gasteiger partial charge in [-0.05, 0) is 31.6 Å². The molecule has 1 fully saturated rings. The molecule has 0 bridgehead atoms. The van der Waals surface area contributed by atoms with Gasteiger partial charge in [0.05, 0.1) is 0 Å². The van der Waals surface area contributed by atoms with Gasteiger partial charge in [-0.25, -0.2) is 0 Å². The highest BCUT2D eigenvalue weighted by Crippen LogP contribution is 2.30. The zero-order chi connectivity index (χ0) is 19.4. The van der Waals surface area contributed by atoms with Crippen LogP contribution in [0.1, 0.15) is 47.0 Å². The van der Waals surface area contributed by atoms with Crippen molar-refractivity contribution in [3.05, 3.63) is 0 Å². The van der Waals surface area contributed by atoms with Gasteiger partial charge in [0.25, 0.3) is 0 Å². The normalized spacial score (nSPS) is 16.7. The molecule has 0 unspecified atom stereocenters. The monoisotopic (exact) mass is 369 g/mol. The van der Waals surface area contributed by atoms with Crippen LogP contribution in [-0.4, -0.2) is 85.7 Å². The third-order valence-electron chi connectivity index (χ3n) is 5.60. The van der Waals surface area contributed by atoms with Gasteiger partial charge in [-0.2, -0.15) is 0 Å². The molecule has 0 spiro atoms. The van der Waals surface area contributed by atoms with Crippen molar-refractivity contribution in [2.75, 3.05) is 59.0 Å². The Balaban J connectivity index is 2.46. The number of hydrogen-bond donors (Lipinski definition) is 3. The smallest absolute Gasteiger partial charge is 0.219 e. The summed E-state index contributed by atoms with van der Waals surface area (Å²) in [7, 11) is 0. The lowest BCUT2D eigenvalue weighted by Gasteiger charge is -2.34. The van der Waals surface area contributed by atoms with Crippen LogP contribution < -0.4 is 10.6 Å². The van der Waals surface area contributed by atoms with Gasteiger partial charge in [0.2, 0.25) is 5.91 Å². The fourth-order valence-corrected chi connectivity index (χ4v) is 3.35. The number of amides is 1. The minimum absolute atomic E-state index is 0.0835. The summed E-state index contributed by atoms with van der Waals surface area (Å²) in [5, 5.41) is 16.1. The van der Waals surface area contributed by atoms with Crippen LogP contribution >= 0.6 is 0 Å². The molecular weight excluding hydrogens is 330 g/mol. The molecule has 1 saturated heterocycles. The van der Waals surface area contributed by atoms with Gasteiger partial charge in [-0.15, -0.1) is 0 Å². The van der Waals surface area contributed by atoms with E-state index in [4.69, 9.17) is 4.99 Å².